The SMILES string of the molecule is CC.Cc1ccccc1-c1ccc2c(c1)CC(=O)N2. The molecule has 2 aromatic carbocycles. The number of carbonyl (C=O) groups is 1. The zero-order valence-electron chi connectivity index (χ0n) is 11.7. The topological polar surface area (TPSA) is 29.1 Å². The Hall–Kier alpha value is -2.09. The fourth-order valence-electron chi connectivity index (χ4n) is 2.29. The van der Waals surface area contributed by atoms with Crippen molar-refractivity contribution in [2.45, 2.75) is 27.2 Å². The predicted octanol–water partition coefficient (Wildman–Crippen LogP) is 4.18. The minimum absolute atomic E-state index is 0.0851. The summed E-state index contributed by atoms with van der Waals surface area (Å²) in [6.07, 6.45) is 0.495. The van der Waals surface area contributed by atoms with Crippen molar-refractivity contribution < 1.29 is 4.79 Å². The van der Waals surface area contributed by atoms with Crippen LogP contribution in [0.15, 0.2) is 42.5 Å². The number of anilines is 1. The average molecular weight is 253 g/mol. The molecule has 1 amide bonds. The van der Waals surface area contributed by atoms with Gasteiger partial charge in [0, 0.05) is 5.69 Å². The Morgan fingerprint density at radius 3 is 2.53 bits per heavy atom. The second-order valence-corrected chi connectivity index (χ2v) is 4.41. The van der Waals surface area contributed by atoms with Gasteiger partial charge in [0.15, 0.2) is 0 Å². The summed E-state index contributed by atoms with van der Waals surface area (Å²) in [6, 6.07) is 14.5. The van der Waals surface area contributed by atoms with Crippen LogP contribution in [-0.2, 0) is 11.2 Å². The zero-order chi connectivity index (χ0) is 13.8. The molecule has 0 spiro atoms. The molecular formula is C17H19NO. The van der Waals surface area contributed by atoms with Crippen molar-refractivity contribution in [1.82, 2.24) is 0 Å². The van der Waals surface area contributed by atoms with Crippen molar-refractivity contribution >= 4 is 11.6 Å². The third kappa shape index (κ3) is 2.68. The third-order valence-corrected chi connectivity index (χ3v) is 3.19. The summed E-state index contributed by atoms with van der Waals surface area (Å²) < 4.78 is 0. The fourth-order valence-corrected chi connectivity index (χ4v) is 2.29. The van der Waals surface area contributed by atoms with Crippen LogP contribution in [0.1, 0.15) is 25.0 Å². The monoisotopic (exact) mass is 253 g/mol. The normalized spacial score (nSPS) is 12.3. The van der Waals surface area contributed by atoms with Crippen molar-refractivity contribution in [1.29, 1.82) is 0 Å². The van der Waals surface area contributed by atoms with E-state index in [1.807, 2.05) is 32.0 Å². The van der Waals surface area contributed by atoms with Gasteiger partial charge in [-0.25, -0.2) is 0 Å². The van der Waals surface area contributed by atoms with Crippen LogP contribution in [0.5, 0.6) is 0 Å². The Bertz CT molecular complexity index is 602. The molecule has 0 saturated heterocycles. The lowest BCUT2D eigenvalue weighted by Gasteiger charge is -2.07. The molecule has 0 bridgehead atoms. The molecule has 1 heterocycles. The third-order valence-electron chi connectivity index (χ3n) is 3.19. The van der Waals surface area contributed by atoms with E-state index in [0.717, 1.165) is 11.3 Å². The van der Waals surface area contributed by atoms with Crippen LogP contribution in [0.2, 0.25) is 0 Å². The highest BCUT2D eigenvalue weighted by molar-refractivity contribution is 5.99. The average Bonchev–Trinajstić information content (AvgIpc) is 2.80. The Kier molecular flexibility index (Phi) is 4.00. The van der Waals surface area contributed by atoms with E-state index in [-0.39, 0.29) is 5.91 Å². The van der Waals surface area contributed by atoms with Crippen LogP contribution < -0.4 is 5.32 Å². The molecule has 1 aliphatic heterocycles. The van der Waals surface area contributed by atoms with E-state index in [9.17, 15) is 4.79 Å². The van der Waals surface area contributed by atoms with Gasteiger partial charge in [0.05, 0.1) is 6.42 Å². The van der Waals surface area contributed by atoms with Crippen LogP contribution >= 0.6 is 0 Å². The molecular weight excluding hydrogens is 234 g/mol. The number of nitrogens with one attached hydrogen (secondary N) is 1. The maximum Gasteiger partial charge on any atom is 0.228 e. The molecule has 0 aliphatic carbocycles. The number of carbonyl (C=O) groups excluding carboxylic acids is 1. The van der Waals surface area contributed by atoms with Gasteiger partial charge in [0.2, 0.25) is 5.91 Å². The first-order valence-electron chi connectivity index (χ1n) is 6.73. The summed E-state index contributed by atoms with van der Waals surface area (Å²) in [4.78, 5) is 11.3. The number of aryl methyl sites for hydroxylation is 1. The van der Waals surface area contributed by atoms with Crippen LogP contribution in [0, 0.1) is 6.92 Å². The van der Waals surface area contributed by atoms with E-state index < -0.39 is 0 Å². The van der Waals surface area contributed by atoms with E-state index in [0.29, 0.717) is 6.42 Å². The minimum atomic E-state index is 0.0851. The lowest BCUT2D eigenvalue weighted by Crippen LogP contribution is -2.03. The van der Waals surface area contributed by atoms with Gasteiger partial charge in [-0.15, -0.1) is 0 Å². The molecule has 98 valence electrons. The number of hydrogen-bond donors (Lipinski definition) is 1. The van der Waals surface area contributed by atoms with Gasteiger partial charge >= 0.3 is 0 Å². The molecule has 19 heavy (non-hydrogen) atoms. The molecule has 2 heteroatoms. The lowest BCUT2D eigenvalue weighted by molar-refractivity contribution is -0.115. The maximum atomic E-state index is 11.3. The van der Waals surface area contributed by atoms with Crippen molar-refractivity contribution in [2.75, 3.05) is 5.32 Å². The molecule has 0 unspecified atom stereocenters. The molecule has 0 fully saturated rings. The summed E-state index contributed by atoms with van der Waals surface area (Å²) in [5, 5.41) is 2.85. The Morgan fingerprint density at radius 2 is 1.79 bits per heavy atom. The van der Waals surface area contributed by atoms with Gasteiger partial charge in [0.1, 0.15) is 0 Å². The molecule has 1 aliphatic rings. The van der Waals surface area contributed by atoms with Crippen molar-refractivity contribution in [3.8, 4) is 11.1 Å². The first kappa shape index (κ1) is 13.3. The molecule has 0 radical (unpaired) electrons. The molecule has 0 atom stereocenters. The summed E-state index contributed by atoms with van der Waals surface area (Å²) in [5.41, 5.74) is 5.71. The van der Waals surface area contributed by atoms with Crippen LogP contribution in [0.25, 0.3) is 11.1 Å². The summed E-state index contributed by atoms with van der Waals surface area (Å²) in [6.45, 7) is 6.10. The molecule has 2 nitrogen and oxygen atoms in total. The lowest BCUT2D eigenvalue weighted by atomic mass is 9.98. The van der Waals surface area contributed by atoms with Crippen molar-refractivity contribution in [3.05, 3.63) is 53.6 Å². The van der Waals surface area contributed by atoms with Crippen LogP contribution in [0.3, 0.4) is 0 Å². The van der Waals surface area contributed by atoms with Crippen LogP contribution in [-0.4, -0.2) is 5.91 Å². The number of benzene rings is 2. The number of fused-ring (bicyclic) bond motifs is 1. The van der Waals surface area contributed by atoms with Gasteiger partial charge in [-0.05, 0) is 41.3 Å². The highest BCUT2D eigenvalue weighted by atomic mass is 16.1. The van der Waals surface area contributed by atoms with Gasteiger partial charge in [-0.3, -0.25) is 4.79 Å². The Balaban J connectivity index is 0.000000637. The minimum Gasteiger partial charge on any atom is -0.326 e. The van der Waals surface area contributed by atoms with Gasteiger partial charge in [-0.2, -0.15) is 0 Å². The van der Waals surface area contributed by atoms with Crippen molar-refractivity contribution in [3.63, 3.8) is 0 Å². The van der Waals surface area contributed by atoms with Gasteiger partial charge < -0.3 is 5.32 Å². The highest BCUT2D eigenvalue weighted by Gasteiger charge is 2.17. The zero-order valence-corrected chi connectivity index (χ0v) is 11.7. The van der Waals surface area contributed by atoms with Gasteiger partial charge in [-0.1, -0.05) is 44.2 Å². The summed E-state index contributed by atoms with van der Waals surface area (Å²) in [5.74, 6) is 0.0851. The van der Waals surface area contributed by atoms with E-state index in [1.165, 1.54) is 16.7 Å². The van der Waals surface area contributed by atoms with E-state index in [2.05, 4.69) is 36.5 Å². The highest BCUT2D eigenvalue weighted by Crippen LogP contribution is 2.30. The number of amides is 1. The summed E-state index contributed by atoms with van der Waals surface area (Å²) >= 11 is 0. The maximum absolute atomic E-state index is 11.3. The molecule has 0 saturated carbocycles. The quantitative estimate of drug-likeness (QED) is 0.811. The molecule has 3 rings (SSSR count). The van der Waals surface area contributed by atoms with Gasteiger partial charge in [0.25, 0.3) is 0 Å². The van der Waals surface area contributed by atoms with Crippen LogP contribution in [0.4, 0.5) is 5.69 Å². The largest absolute Gasteiger partial charge is 0.326 e. The number of rotatable bonds is 1. The van der Waals surface area contributed by atoms with E-state index >= 15 is 0 Å². The standard InChI is InChI=1S/C15H13NO.C2H6/c1-10-4-2-3-5-13(10)11-6-7-14-12(8-11)9-15(17)16-14;1-2/h2-8H,9H2,1H3,(H,16,17);1-2H3. The van der Waals surface area contributed by atoms with E-state index in [1.54, 1.807) is 0 Å². The summed E-state index contributed by atoms with van der Waals surface area (Å²) in [7, 11) is 0. The molecule has 1 N–H and O–H groups in total. The Morgan fingerprint density at radius 1 is 1.05 bits per heavy atom. The predicted molar refractivity (Wildman–Crippen MR) is 80.3 cm³/mol. The second-order valence-electron chi connectivity index (χ2n) is 4.41. The number of hydrogen-bond acceptors (Lipinski definition) is 1. The van der Waals surface area contributed by atoms with Crippen molar-refractivity contribution in [2.24, 2.45) is 0 Å². The fraction of sp³-hybridized carbons (Fsp3) is 0.235. The second kappa shape index (κ2) is 5.70. The smallest absolute Gasteiger partial charge is 0.228 e. The molecule has 0 aromatic heterocycles. The van der Waals surface area contributed by atoms with E-state index in [4.69, 9.17) is 0 Å². The first-order valence-corrected chi connectivity index (χ1v) is 6.73. The first-order chi connectivity index (χ1) is 9.24. The molecule has 2 aromatic rings. The Labute approximate surface area is 114 Å².